The zero-order chi connectivity index (χ0) is 40.5. The zero-order valence-corrected chi connectivity index (χ0v) is 34.7. The molecule has 12 atom stereocenters. The summed E-state index contributed by atoms with van der Waals surface area (Å²) in [5.41, 5.74) is 10.5. The van der Waals surface area contributed by atoms with Gasteiger partial charge in [0.05, 0.1) is 24.4 Å². The second kappa shape index (κ2) is 20.8. The van der Waals surface area contributed by atoms with Crippen molar-refractivity contribution in [1.29, 1.82) is 0 Å². The van der Waals surface area contributed by atoms with Gasteiger partial charge in [0.2, 0.25) is 0 Å². The molecule has 6 rings (SSSR count). The number of nitrogens with one attached hydrogen (secondary N) is 3. The molecular formula is C44H62N4O7S2. The number of hydrogen-bond acceptors (Lipinski definition) is 12. The maximum Gasteiger partial charge on any atom is 0.161 e. The lowest BCUT2D eigenvalue weighted by molar-refractivity contribution is -0.0214. The number of ether oxygens (including phenoxy) is 1. The van der Waals surface area contributed by atoms with Crippen molar-refractivity contribution < 1.29 is 35.4 Å². The topological polar surface area (TPSA) is 196 Å². The summed E-state index contributed by atoms with van der Waals surface area (Å²) in [5.74, 6) is 7.35. The minimum Gasteiger partial charge on any atom is -0.504 e. The Morgan fingerprint density at radius 2 is 1.89 bits per heavy atom. The summed E-state index contributed by atoms with van der Waals surface area (Å²) in [5, 5.41) is 73.7. The Bertz CT molecular complexity index is 1760. The summed E-state index contributed by atoms with van der Waals surface area (Å²) >= 11 is 0. The number of aromatic nitrogens is 1. The van der Waals surface area contributed by atoms with Crippen molar-refractivity contribution in [2.24, 2.45) is 35.3 Å². The van der Waals surface area contributed by atoms with E-state index in [0.717, 1.165) is 35.2 Å². The van der Waals surface area contributed by atoms with Crippen LogP contribution in [0.5, 0.6) is 11.5 Å². The number of benzene rings is 1. The Morgan fingerprint density at radius 3 is 2.65 bits per heavy atom. The quantitative estimate of drug-likeness (QED) is 0.0928. The number of hydrogen-bond donors (Lipinski definition) is 10. The van der Waals surface area contributed by atoms with Crippen LogP contribution in [0.15, 0.2) is 71.7 Å². The highest BCUT2D eigenvalue weighted by Gasteiger charge is 2.38. The molecule has 2 aliphatic carbocycles. The van der Waals surface area contributed by atoms with Gasteiger partial charge >= 0.3 is 0 Å². The number of nitrogens with two attached hydrogens (primary N) is 1. The molecule has 57 heavy (non-hydrogen) atoms. The first-order chi connectivity index (χ1) is 27.5. The summed E-state index contributed by atoms with van der Waals surface area (Å²) in [6, 6.07) is 9.31. The molecule has 1 fully saturated rings. The summed E-state index contributed by atoms with van der Waals surface area (Å²) in [7, 11) is 3.23. The molecule has 0 saturated carbocycles. The number of H-pyrrole nitrogens is 1. The molecule has 312 valence electrons. The van der Waals surface area contributed by atoms with Crippen LogP contribution in [-0.2, 0) is 6.42 Å². The third-order valence-corrected chi connectivity index (χ3v) is 14.5. The third kappa shape index (κ3) is 11.4. The van der Waals surface area contributed by atoms with E-state index >= 15 is 0 Å². The number of phenols is 1. The Morgan fingerprint density at radius 1 is 1.05 bits per heavy atom. The number of aromatic amines is 1. The van der Waals surface area contributed by atoms with Crippen LogP contribution in [0.3, 0.4) is 0 Å². The minimum absolute atomic E-state index is 0.0736. The van der Waals surface area contributed by atoms with Gasteiger partial charge in [0, 0.05) is 84.3 Å². The fraction of sp³-hybridized carbons (Fsp3) is 0.591. The van der Waals surface area contributed by atoms with Crippen molar-refractivity contribution in [3.63, 3.8) is 0 Å². The van der Waals surface area contributed by atoms with Gasteiger partial charge in [0.15, 0.2) is 11.5 Å². The fourth-order valence-electron chi connectivity index (χ4n) is 8.76. The highest BCUT2D eigenvalue weighted by atomic mass is 33.1. The van der Waals surface area contributed by atoms with Gasteiger partial charge in [-0.05, 0) is 93.2 Å². The number of fused-ring (bicyclic) bond motifs is 2. The molecule has 11 N–H and O–H groups in total. The predicted octanol–water partition coefficient (Wildman–Crippen LogP) is 4.33. The first-order valence-corrected chi connectivity index (χ1v) is 23.1. The van der Waals surface area contributed by atoms with Crippen LogP contribution in [0.1, 0.15) is 69.5 Å². The summed E-state index contributed by atoms with van der Waals surface area (Å²) in [6.45, 7) is 4.72. The highest BCUT2D eigenvalue weighted by Crippen LogP contribution is 2.42. The number of aliphatic hydroxyl groups is 5. The van der Waals surface area contributed by atoms with Crippen molar-refractivity contribution >= 4 is 21.6 Å². The molecule has 0 spiro atoms. The largest absolute Gasteiger partial charge is 0.504 e. The Balaban J connectivity index is 1.28. The molecule has 0 bridgehead atoms. The fourth-order valence-corrected chi connectivity index (χ4v) is 11.3. The van der Waals surface area contributed by atoms with Crippen LogP contribution in [0.25, 0.3) is 0 Å². The van der Waals surface area contributed by atoms with Gasteiger partial charge in [0.25, 0.3) is 0 Å². The van der Waals surface area contributed by atoms with E-state index in [2.05, 4.69) is 46.5 Å². The van der Waals surface area contributed by atoms with Crippen LogP contribution >= 0.6 is 21.6 Å². The summed E-state index contributed by atoms with van der Waals surface area (Å²) in [6.07, 6.45) is 8.50. The normalized spacial score (nSPS) is 33.2. The average molecular weight is 823 g/mol. The molecule has 1 aromatic heterocycles. The number of allylic oxidation sites excluding steroid dienone is 3. The van der Waals surface area contributed by atoms with E-state index in [4.69, 9.17) is 10.5 Å². The summed E-state index contributed by atoms with van der Waals surface area (Å²) < 4.78 is 6.69. The van der Waals surface area contributed by atoms with E-state index in [1.807, 2.05) is 30.5 Å². The van der Waals surface area contributed by atoms with Gasteiger partial charge in [-0.2, -0.15) is 0 Å². The molecule has 12 unspecified atom stereocenters. The van der Waals surface area contributed by atoms with Crippen molar-refractivity contribution in [3.05, 3.63) is 83.0 Å². The smallest absolute Gasteiger partial charge is 0.161 e. The molecule has 13 heteroatoms. The summed E-state index contributed by atoms with van der Waals surface area (Å²) in [4.78, 5) is 3.33. The second-order valence-electron chi connectivity index (χ2n) is 16.3. The van der Waals surface area contributed by atoms with Gasteiger partial charge < -0.3 is 56.7 Å². The predicted molar refractivity (Wildman–Crippen MR) is 228 cm³/mol. The number of dihydropyridines is 1. The van der Waals surface area contributed by atoms with E-state index in [0.29, 0.717) is 62.5 Å². The SMILES string of the molecule is CCC1C#CC2C=CC(c3ccc(O)c(OC4CC(Cc5ccc[nH]5)C5=CCNC(N)=C5CSSCC(CO)C4O)c3)CC(O)C2C(O)CCC(NCC(C)O)C1. The van der Waals surface area contributed by atoms with Crippen molar-refractivity contribution in [2.45, 2.75) is 101 Å². The lowest BCUT2D eigenvalue weighted by atomic mass is 9.78. The number of aliphatic hydroxyl groups excluding tert-OH is 5. The highest BCUT2D eigenvalue weighted by molar-refractivity contribution is 8.76. The molecule has 0 amide bonds. The molecule has 1 saturated heterocycles. The van der Waals surface area contributed by atoms with Crippen LogP contribution in [-0.4, -0.2) is 103 Å². The lowest BCUT2D eigenvalue weighted by Crippen LogP contribution is -2.42. The lowest BCUT2D eigenvalue weighted by Gasteiger charge is -2.34. The van der Waals surface area contributed by atoms with Crippen LogP contribution < -0.4 is 21.1 Å². The van der Waals surface area contributed by atoms with Crippen molar-refractivity contribution in [2.75, 3.05) is 31.2 Å². The first kappa shape index (κ1) is 43.5. The number of rotatable bonds is 10. The van der Waals surface area contributed by atoms with Gasteiger partial charge in [-0.15, -0.1) is 0 Å². The average Bonchev–Trinajstić information content (AvgIpc) is 3.64. The van der Waals surface area contributed by atoms with E-state index in [-0.39, 0.29) is 47.8 Å². The molecule has 11 nitrogen and oxygen atoms in total. The number of aromatic hydroxyl groups is 1. The second-order valence-corrected chi connectivity index (χ2v) is 18.8. The van der Waals surface area contributed by atoms with E-state index in [9.17, 15) is 30.6 Å². The molecule has 0 radical (unpaired) electrons. The Hall–Kier alpha value is -3.06. The Labute approximate surface area is 345 Å². The molecule has 4 aliphatic rings. The van der Waals surface area contributed by atoms with E-state index in [1.165, 1.54) is 0 Å². The molecular weight excluding hydrogens is 761 g/mol. The first-order valence-electron chi connectivity index (χ1n) is 20.6. The molecule has 2 aromatic rings. The van der Waals surface area contributed by atoms with Crippen LogP contribution in [0, 0.1) is 41.4 Å². The minimum atomic E-state index is -1.04. The van der Waals surface area contributed by atoms with E-state index in [1.54, 1.807) is 40.6 Å². The van der Waals surface area contributed by atoms with Gasteiger partial charge in [-0.1, -0.05) is 64.6 Å². The maximum atomic E-state index is 12.0. The van der Waals surface area contributed by atoms with Gasteiger partial charge in [-0.25, -0.2) is 0 Å². The monoisotopic (exact) mass is 822 g/mol. The van der Waals surface area contributed by atoms with E-state index < -0.39 is 42.4 Å². The standard InChI is InChI=1S/C44H62N4O7S2/c1-3-27-6-7-28-8-9-29(19-39(53)42(28)38(52)13-11-34(17-27)48-22-26(2)50)30-10-12-37(51)40(20-30)55-41-21-31(18-33-5-4-15-46-33)35-14-16-47-44(45)36(35)25-57-56-24-32(23-49)43(41)54/h4-5,8-10,12,14-15,20,26-29,31-32,34,38-39,41-43,46-54H,3,11,13,16-19,21-25,45H2,1-2H3. The van der Waals surface area contributed by atoms with Gasteiger partial charge in [0.1, 0.15) is 11.9 Å². The van der Waals surface area contributed by atoms with Crippen molar-refractivity contribution in [1.82, 2.24) is 15.6 Å². The Kier molecular flexibility index (Phi) is 15.9. The zero-order valence-electron chi connectivity index (χ0n) is 33.1. The molecule has 3 heterocycles. The number of phenolic OH excluding ortho intramolecular Hbond substituents is 1. The van der Waals surface area contributed by atoms with Crippen molar-refractivity contribution in [3.8, 4) is 23.3 Å². The van der Waals surface area contributed by atoms with Crippen LogP contribution in [0.4, 0.5) is 0 Å². The molecule has 1 aromatic carbocycles. The maximum absolute atomic E-state index is 12.0. The third-order valence-electron chi connectivity index (χ3n) is 12.1. The van der Waals surface area contributed by atoms with Gasteiger partial charge in [-0.3, -0.25) is 0 Å². The molecule has 2 aliphatic heterocycles. The van der Waals surface area contributed by atoms with Crippen LogP contribution in [0.2, 0.25) is 0 Å².